The minimum absolute atomic E-state index is 0.0330. The molecule has 0 aliphatic carbocycles. The summed E-state index contributed by atoms with van der Waals surface area (Å²) in [6, 6.07) is 7.57. The maximum atomic E-state index is 13.5. The first-order valence-electron chi connectivity index (χ1n) is 7.98. The van der Waals surface area contributed by atoms with E-state index in [-0.39, 0.29) is 24.7 Å². The second kappa shape index (κ2) is 9.29. The molecule has 0 radical (unpaired) electrons. The third-order valence-corrected chi connectivity index (χ3v) is 3.80. The standard InChI is InChI=1S/C18H18ClF2N3O3/c1-24(9-17(25)22-14-8-12(20)4-5-13(14)21)10-18(26)23-15-7-11(19)3-6-16(15)27-2/h3-8H,9-10H2,1-2H3,(H,22,25)(H,23,26)/p+1. The van der Waals surface area contributed by atoms with Gasteiger partial charge in [0.2, 0.25) is 0 Å². The summed E-state index contributed by atoms with van der Waals surface area (Å²) >= 11 is 5.91. The Morgan fingerprint density at radius 1 is 1.04 bits per heavy atom. The first-order valence-corrected chi connectivity index (χ1v) is 8.36. The number of amides is 2. The lowest BCUT2D eigenvalue weighted by Gasteiger charge is -2.15. The van der Waals surface area contributed by atoms with Crippen LogP contribution in [0, 0.1) is 11.6 Å². The Labute approximate surface area is 160 Å². The van der Waals surface area contributed by atoms with Gasteiger partial charge in [0.05, 0.1) is 25.5 Å². The Morgan fingerprint density at radius 2 is 1.67 bits per heavy atom. The smallest absolute Gasteiger partial charge is 0.279 e. The van der Waals surface area contributed by atoms with Gasteiger partial charge in [0.1, 0.15) is 17.4 Å². The molecule has 2 aromatic rings. The van der Waals surface area contributed by atoms with Gasteiger partial charge >= 0.3 is 0 Å². The number of quaternary nitrogens is 1. The van der Waals surface area contributed by atoms with Crippen molar-refractivity contribution in [2.45, 2.75) is 0 Å². The predicted octanol–water partition coefficient (Wildman–Crippen LogP) is 1.72. The van der Waals surface area contributed by atoms with Gasteiger partial charge in [-0.1, -0.05) is 11.6 Å². The summed E-state index contributed by atoms with van der Waals surface area (Å²) in [5, 5.41) is 5.38. The SMILES string of the molecule is COc1ccc(Cl)cc1NC(=O)C[NH+](C)CC(=O)Nc1cc(F)ccc1F. The van der Waals surface area contributed by atoms with Gasteiger partial charge in [-0.05, 0) is 30.3 Å². The van der Waals surface area contributed by atoms with Crippen molar-refractivity contribution in [3.8, 4) is 5.75 Å². The molecular weight excluding hydrogens is 380 g/mol. The summed E-state index contributed by atoms with van der Waals surface area (Å²) in [4.78, 5) is 24.7. The quantitative estimate of drug-likeness (QED) is 0.665. The maximum Gasteiger partial charge on any atom is 0.279 e. The van der Waals surface area contributed by atoms with Gasteiger partial charge < -0.3 is 20.3 Å². The van der Waals surface area contributed by atoms with Crippen molar-refractivity contribution in [1.82, 2.24) is 0 Å². The zero-order valence-electron chi connectivity index (χ0n) is 14.7. The molecule has 2 amide bonds. The van der Waals surface area contributed by atoms with Gasteiger partial charge in [-0.25, -0.2) is 8.78 Å². The normalized spacial score (nSPS) is 11.6. The monoisotopic (exact) mass is 398 g/mol. The third-order valence-electron chi connectivity index (χ3n) is 3.56. The van der Waals surface area contributed by atoms with Gasteiger partial charge in [-0.15, -0.1) is 0 Å². The van der Waals surface area contributed by atoms with Crippen LogP contribution in [0.2, 0.25) is 5.02 Å². The van der Waals surface area contributed by atoms with E-state index in [4.69, 9.17) is 16.3 Å². The van der Waals surface area contributed by atoms with Crippen LogP contribution < -0.4 is 20.3 Å². The Kier molecular flexibility index (Phi) is 7.09. The first-order chi connectivity index (χ1) is 12.8. The van der Waals surface area contributed by atoms with Crippen molar-refractivity contribution in [3.05, 3.63) is 53.1 Å². The minimum Gasteiger partial charge on any atom is -0.495 e. The molecule has 0 aromatic heterocycles. The zero-order valence-corrected chi connectivity index (χ0v) is 15.5. The Bertz CT molecular complexity index is 849. The van der Waals surface area contributed by atoms with Crippen LogP contribution in [0.4, 0.5) is 20.2 Å². The molecule has 0 fully saturated rings. The number of rotatable bonds is 7. The van der Waals surface area contributed by atoms with E-state index in [2.05, 4.69) is 10.6 Å². The van der Waals surface area contributed by atoms with E-state index >= 15 is 0 Å². The fourth-order valence-electron chi connectivity index (χ4n) is 2.37. The van der Waals surface area contributed by atoms with Gasteiger partial charge in [0, 0.05) is 11.1 Å². The van der Waals surface area contributed by atoms with Crippen molar-refractivity contribution in [2.24, 2.45) is 0 Å². The second-order valence-corrected chi connectivity index (χ2v) is 6.31. The topological polar surface area (TPSA) is 71.9 Å². The van der Waals surface area contributed by atoms with Crippen LogP contribution >= 0.6 is 11.6 Å². The Morgan fingerprint density at radius 3 is 2.30 bits per heavy atom. The summed E-state index contributed by atoms with van der Waals surface area (Å²) in [7, 11) is 3.09. The lowest BCUT2D eigenvalue weighted by molar-refractivity contribution is -0.862. The van der Waals surface area contributed by atoms with Crippen molar-refractivity contribution in [2.75, 3.05) is 37.9 Å². The van der Waals surface area contributed by atoms with Gasteiger partial charge in [-0.3, -0.25) is 9.59 Å². The molecule has 1 atom stereocenters. The summed E-state index contributed by atoms with van der Waals surface area (Å²) in [5.41, 5.74) is 0.162. The molecule has 144 valence electrons. The highest BCUT2D eigenvalue weighted by Gasteiger charge is 2.17. The average Bonchev–Trinajstić information content (AvgIpc) is 2.58. The van der Waals surface area contributed by atoms with Crippen molar-refractivity contribution < 1.29 is 28.0 Å². The Balaban J connectivity index is 1.90. The number of methoxy groups -OCH3 is 1. The second-order valence-electron chi connectivity index (χ2n) is 5.88. The van der Waals surface area contributed by atoms with Gasteiger partial charge in [0.15, 0.2) is 13.1 Å². The number of carbonyl (C=O) groups is 2. The highest BCUT2D eigenvalue weighted by Crippen LogP contribution is 2.27. The lowest BCUT2D eigenvalue weighted by Crippen LogP contribution is -3.11. The molecule has 2 rings (SSSR count). The van der Waals surface area contributed by atoms with Gasteiger partial charge in [0.25, 0.3) is 11.8 Å². The van der Waals surface area contributed by atoms with Crippen LogP contribution in [0.25, 0.3) is 0 Å². The fraction of sp³-hybridized carbons (Fsp3) is 0.222. The van der Waals surface area contributed by atoms with Crippen molar-refractivity contribution >= 4 is 34.8 Å². The van der Waals surface area contributed by atoms with Crippen LogP contribution in [0.3, 0.4) is 0 Å². The number of halogens is 3. The number of nitrogens with one attached hydrogen (secondary N) is 3. The molecule has 9 heteroatoms. The van der Waals surface area contributed by atoms with E-state index in [0.717, 1.165) is 18.2 Å². The highest BCUT2D eigenvalue weighted by atomic mass is 35.5. The van der Waals surface area contributed by atoms with Crippen LogP contribution in [-0.2, 0) is 9.59 Å². The molecule has 0 saturated carbocycles. The van der Waals surface area contributed by atoms with E-state index in [9.17, 15) is 18.4 Å². The van der Waals surface area contributed by atoms with Crippen molar-refractivity contribution in [3.63, 3.8) is 0 Å². The van der Waals surface area contributed by atoms with E-state index in [1.54, 1.807) is 25.2 Å². The summed E-state index contributed by atoms with van der Waals surface area (Å²) in [5.74, 6) is -1.87. The molecule has 3 N–H and O–H groups in total. The van der Waals surface area contributed by atoms with E-state index in [1.165, 1.54) is 7.11 Å². The lowest BCUT2D eigenvalue weighted by atomic mass is 10.3. The number of ether oxygens (including phenoxy) is 1. The van der Waals surface area contributed by atoms with Gasteiger partial charge in [-0.2, -0.15) is 0 Å². The molecular formula is C18H19ClF2N3O3+. The molecule has 0 bridgehead atoms. The first kappa shape index (κ1) is 20.6. The zero-order chi connectivity index (χ0) is 20.0. The molecule has 1 unspecified atom stereocenters. The summed E-state index contributed by atoms with van der Waals surface area (Å²) < 4.78 is 31.8. The molecule has 27 heavy (non-hydrogen) atoms. The number of hydrogen-bond donors (Lipinski definition) is 3. The van der Waals surface area contributed by atoms with Crippen LogP contribution in [0.15, 0.2) is 36.4 Å². The fourth-order valence-corrected chi connectivity index (χ4v) is 2.54. The molecule has 2 aromatic carbocycles. The summed E-state index contributed by atoms with van der Waals surface area (Å²) in [6.45, 7) is -0.148. The molecule has 0 spiro atoms. The Hall–Kier alpha value is -2.71. The third kappa shape index (κ3) is 6.19. The average molecular weight is 399 g/mol. The van der Waals surface area contributed by atoms with E-state index in [0.29, 0.717) is 21.4 Å². The largest absolute Gasteiger partial charge is 0.495 e. The molecule has 6 nitrogen and oxygen atoms in total. The van der Waals surface area contributed by atoms with Crippen LogP contribution in [0.5, 0.6) is 5.75 Å². The van der Waals surface area contributed by atoms with E-state index < -0.39 is 17.5 Å². The van der Waals surface area contributed by atoms with Crippen LogP contribution in [-0.4, -0.2) is 39.1 Å². The van der Waals surface area contributed by atoms with Crippen LogP contribution in [0.1, 0.15) is 0 Å². The highest BCUT2D eigenvalue weighted by molar-refractivity contribution is 6.31. The molecule has 0 saturated heterocycles. The number of anilines is 2. The molecule has 0 heterocycles. The minimum atomic E-state index is -0.742. The van der Waals surface area contributed by atoms with Crippen molar-refractivity contribution in [1.29, 1.82) is 0 Å². The maximum absolute atomic E-state index is 13.5. The van der Waals surface area contributed by atoms with E-state index in [1.807, 2.05) is 0 Å². The number of hydrogen-bond acceptors (Lipinski definition) is 3. The number of carbonyl (C=O) groups excluding carboxylic acids is 2. The summed E-state index contributed by atoms with van der Waals surface area (Å²) in [6.07, 6.45) is 0. The number of benzene rings is 2. The molecule has 0 aliphatic rings. The predicted molar refractivity (Wildman–Crippen MR) is 98.2 cm³/mol. The molecule has 0 aliphatic heterocycles. The number of likely N-dealkylation sites (N-methyl/N-ethyl adjacent to an activating group) is 1.